The molecule has 18 heavy (non-hydrogen) atoms. The predicted octanol–water partition coefficient (Wildman–Crippen LogP) is 1.75. The summed E-state index contributed by atoms with van der Waals surface area (Å²) in [5.41, 5.74) is 6.19. The zero-order valence-corrected chi connectivity index (χ0v) is 11.0. The molecule has 0 atom stereocenters. The molecule has 0 bridgehead atoms. The Morgan fingerprint density at radius 2 is 2.28 bits per heavy atom. The number of nitrogens with zero attached hydrogens (tertiary/aromatic N) is 1. The third-order valence-corrected chi connectivity index (χ3v) is 4.43. The Hall–Kier alpha value is -0.840. The van der Waals surface area contributed by atoms with Crippen LogP contribution in [0.5, 0.6) is 0 Å². The summed E-state index contributed by atoms with van der Waals surface area (Å²) >= 11 is 0. The van der Waals surface area contributed by atoms with E-state index in [2.05, 4.69) is 4.90 Å². The van der Waals surface area contributed by atoms with E-state index in [1.807, 2.05) is 12.1 Å². The van der Waals surface area contributed by atoms with Gasteiger partial charge in [0.05, 0.1) is 18.9 Å². The van der Waals surface area contributed by atoms with Crippen LogP contribution in [-0.2, 0) is 11.3 Å². The minimum Gasteiger partial charge on any atom is -0.468 e. The van der Waals surface area contributed by atoms with E-state index < -0.39 is 0 Å². The van der Waals surface area contributed by atoms with E-state index in [4.69, 9.17) is 14.9 Å². The van der Waals surface area contributed by atoms with Gasteiger partial charge in [-0.15, -0.1) is 0 Å². The summed E-state index contributed by atoms with van der Waals surface area (Å²) in [4.78, 5) is 2.56. The average molecular weight is 250 g/mol. The van der Waals surface area contributed by atoms with Crippen LogP contribution in [0.1, 0.15) is 31.4 Å². The monoisotopic (exact) mass is 250 g/mol. The Morgan fingerprint density at radius 1 is 1.50 bits per heavy atom. The zero-order valence-electron chi connectivity index (χ0n) is 11.0. The van der Waals surface area contributed by atoms with Gasteiger partial charge in [-0.3, -0.25) is 4.90 Å². The first kappa shape index (κ1) is 12.2. The zero-order chi connectivity index (χ0) is 12.6. The quantitative estimate of drug-likeness (QED) is 0.835. The Balaban J connectivity index is 1.72. The molecule has 0 aliphatic heterocycles. The molecule has 1 aromatic heterocycles. The third-order valence-electron chi connectivity index (χ3n) is 4.43. The highest BCUT2D eigenvalue weighted by Gasteiger charge is 2.52. The van der Waals surface area contributed by atoms with Crippen molar-refractivity contribution < 1.29 is 9.15 Å². The summed E-state index contributed by atoms with van der Waals surface area (Å²) in [5, 5.41) is 0. The number of methoxy groups -OCH3 is 1. The lowest BCUT2D eigenvalue weighted by Crippen LogP contribution is -2.64. The number of hydrogen-bond acceptors (Lipinski definition) is 4. The van der Waals surface area contributed by atoms with Crippen LogP contribution < -0.4 is 5.73 Å². The van der Waals surface area contributed by atoms with Crippen molar-refractivity contribution in [3.63, 3.8) is 0 Å². The minimum absolute atomic E-state index is 0.134. The Kier molecular flexibility index (Phi) is 3.18. The second-order valence-electron chi connectivity index (χ2n) is 5.63. The van der Waals surface area contributed by atoms with Crippen molar-refractivity contribution in [3.05, 3.63) is 24.2 Å². The van der Waals surface area contributed by atoms with Crippen LogP contribution >= 0.6 is 0 Å². The van der Waals surface area contributed by atoms with Crippen LogP contribution in [0.3, 0.4) is 0 Å². The SMILES string of the molecule is COC1CC(CN)(N(Cc2ccco2)C2CC2)C1. The van der Waals surface area contributed by atoms with E-state index >= 15 is 0 Å². The first-order valence-corrected chi connectivity index (χ1v) is 6.79. The normalized spacial score (nSPS) is 31.6. The first-order valence-electron chi connectivity index (χ1n) is 6.79. The summed E-state index contributed by atoms with van der Waals surface area (Å²) in [6, 6.07) is 4.69. The molecule has 2 N–H and O–H groups in total. The maximum Gasteiger partial charge on any atom is 0.117 e. The van der Waals surface area contributed by atoms with Gasteiger partial charge in [0.25, 0.3) is 0 Å². The van der Waals surface area contributed by atoms with Crippen LogP contribution in [0.25, 0.3) is 0 Å². The van der Waals surface area contributed by atoms with E-state index in [1.54, 1.807) is 13.4 Å². The largest absolute Gasteiger partial charge is 0.468 e. The number of nitrogens with two attached hydrogens (primary N) is 1. The number of ether oxygens (including phenoxy) is 1. The van der Waals surface area contributed by atoms with Crippen LogP contribution in [0.2, 0.25) is 0 Å². The van der Waals surface area contributed by atoms with Gasteiger partial charge in [-0.25, -0.2) is 0 Å². The molecule has 0 amide bonds. The van der Waals surface area contributed by atoms with Gasteiger partial charge in [-0.2, -0.15) is 0 Å². The van der Waals surface area contributed by atoms with E-state index in [0.717, 1.165) is 25.1 Å². The van der Waals surface area contributed by atoms with Crippen molar-refractivity contribution >= 4 is 0 Å². The summed E-state index contributed by atoms with van der Waals surface area (Å²) in [5.74, 6) is 1.04. The maximum atomic E-state index is 6.05. The molecule has 4 nitrogen and oxygen atoms in total. The molecule has 1 heterocycles. The van der Waals surface area contributed by atoms with E-state index in [1.165, 1.54) is 12.8 Å². The van der Waals surface area contributed by atoms with Gasteiger partial charge in [-0.05, 0) is 37.8 Å². The van der Waals surface area contributed by atoms with Gasteiger partial charge in [0.15, 0.2) is 0 Å². The van der Waals surface area contributed by atoms with Gasteiger partial charge in [-0.1, -0.05) is 0 Å². The molecule has 2 aliphatic rings. The van der Waals surface area contributed by atoms with Gasteiger partial charge in [0.2, 0.25) is 0 Å². The number of furan rings is 1. The molecule has 3 rings (SSSR count). The maximum absolute atomic E-state index is 6.05. The van der Waals surface area contributed by atoms with Crippen LogP contribution in [-0.4, -0.2) is 36.2 Å². The summed E-state index contributed by atoms with van der Waals surface area (Å²) in [7, 11) is 1.79. The fraction of sp³-hybridized carbons (Fsp3) is 0.714. The molecule has 0 aromatic carbocycles. The van der Waals surface area contributed by atoms with Crippen LogP contribution in [0, 0.1) is 0 Å². The van der Waals surface area contributed by atoms with Crippen molar-refractivity contribution in [1.82, 2.24) is 4.90 Å². The molecular formula is C14H22N2O2. The Bertz CT molecular complexity index is 381. The molecule has 0 spiro atoms. The second-order valence-corrected chi connectivity index (χ2v) is 5.63. The molecule has 4 heteroatoms. The average Bonchev–Trinajstić information content (AvgIpc) is 3.05. The molecule has 0 unspecified atom stereocenters. The van der Waals surface area contributed by atoms with Gasteiger partial charge >= 0.3 is 0 Å². The molecule has 100 valence electrons. The lowest BCUT2D eigenvalue weighted by Gasteiger charge is -2.53. The molecule has 2 aliphatic carbocycles. The highest BCUT2D eigenvalue weighted by Crippen LogP contribution is 2.45. The first-order chi connectivity index (χ1) is 8.77. The number of rotatable bonds is 6. The van der Waals surface area contributed by atoms with Crippen molar-refractivity contribution in [2.24, 2.45) is 5.73 Å². The van der Waals surface area contributed by atoms with Crippen LogP contribution in [0.4, 0.5) is 0 Å². The fourth-order valence-corrected chi connectivity index (χ4v) is 3.11. The molecule has 2 saturated carbocycles. The summed E-state index contributed by atoms with van der Waals surface area (Å²) in [6.07, 6.45) is 6.81. The van der Waals surface area contributed by atoms with E-state index in [0.29, 0.717) is 18.7 Å². The van der Waals surface area contributed by atoms with Gasteiger partial charge in [0, 0.05) is 25.2 Å². The molecule has 0 saturated heterocycles. The van der Waals surface area contributed by atoms with Gasteiger partial charge < -0.3 is 14.9 Å². The smallest absolute Gasteiger partial charge is 0.117 e. The van der Waals surface area contributed by atoms with Crippen molar-refractivity contribution in [1.29, 1.82) is 0 Å². The minimum atomic E-state index is 0.134. The van der Waals surface area contributed by atoms with Gasteiger partial charge in [0.1, 0.15) is 5.76 Å². The summed E-state index contributed by atoms with van der Waals surface area (Å²) in [6.45, 7) is 1.59. The lowest BCUT2D eigenvalue weighted by atomic mass is 9.72. The standard InChI is InChI=1S/C14H22N2O2/c1-17-13-7-14(8-13,10-15)16(11-4-5-11)9-12-3-2-6-18-12/h2-3,6,11,13H,4-5,7-10,15H2,1H3. The Labute approximate surface area is 108 Å². The molecule has 2 fully saturated rings. The van der Waals surface area contributed by atoms with Crippen molar-refractivity contribution in [3.8, 4) is 0 Å². The fourth-order valence-electron chi connectivity index (χ4n) is 3.11. The number of hydrogen-bond donors (Lipinski definition) is 1. The van der Waals surface area contributed by atoms with Crippen LogP contribution in [0.15, 0.2) is 22.8 Å². The third kappa shape index (κ3) is 2.09. The van der Waals surface area contributed by atoms with E-state index in [9.17, 15) is 0 Å². The van der Waals surface area contributed by atoms with Crippen molar-refractivity contribution in [2.45, 2.75) is 49.9 Å². The molecular weight excluding hydrogens is 228 g/mol. The highest BCUT2D eigenvalue weighted by molar-refractivity contribution is 5.10. The predicted molar refractivity (Wildman–Crippen MR) is 69.1 cm³/mol. The van der Waals surface area contributed by atoms with Crippen molar-refractivity contribution in [2.75, 3.05) is 13.7 Å². The lowest BCUT2D eigenvalue weighted by molar-refractivity contribution is -0.0959. The molecule has 1 aromatic rings. The summed E-state index contributed by atoms with van der Waals surface area (Å²) < 4.78 is 10.9. The molecule has 0 radical (unpaired) electrons. The topological polar surface area (TPSA) is 51.6 Å². The second kappa shape index (κ2) is 4.68. The highest BCUT2D eigenvalue weighted by atomic mass is 16.5. The Morgan fingerprint density at radius 3 is 2.78 bits per heavy atom. The van der Waals surface area contributed by atoms with E-state index in [-0.39, 0.29) is 5.54 Å².